The third kappa shape index (κ3) is 2.95. The number of phenols is 1. The second kappa shape index (κ2) is 4.72. The van der Waals surface area contributed by atoms with Gasteiger partial charge >= 0.3 is 5.97 Å². The second-order valence-corrected chi connectivity index (χ2v) is 5.78. The summed E-state index contributed by atoms with van der Waals surface area (Å²) in [5.74, 6) is -1.46. The number of phenolic OH excluding ortho intramolecular Hbond substituents is 1. The van der Waals surface area contributed by atoms with Gasteiger partial charge in [0.2, 0.25) is 10.0 Å². The topological polar surface area (TPSA) is 94.9 Å². The number of carboxylic acid groups (broad SMARTS) is 1. The molecule has 0 radical (unpaired) electrons. The van der Waals surface area contributed by atoms with Crippen molar-refractivity contribution >= 4 is 16.0 Å². The third-order valence-corrected chi connectivity index (χ3v) is 3.98. The van der Waals surface area contributed by atoms with Crippen LogP contribution in [0.25, 0.3) is 0 Å². The summed E-state index contributed by atoms with van der Waals surface area (Å²) in [6.07, 6.45) is -0.295. The van der Waals surface area contributed by atoms with Crippen LogP contribution in [0.2, 0.25) is 0 Å². The van der Waals surface area contributed by atoms with Gasteiger partial charge in [0.05, 0.1) is 6.42 Å². The van der Waals surface area contributed by atoms with E-state index in [-0.39, 0.29) is 11.3 Å². The van der Waals surface area contributed by atoms with E-state index in [4.69, 9.17) is 5.11 Å². The number of carbonyl (C=O) groups is 1. The third-order valence-electron chi connectivity index (χ3n) is 2.14. The molecule has 1 aromatic rings. The summed E-state index contributed by atoms with van der Waals surface area (Å²) in [6, 6.07) is 3.71. The van der Waals surface area contributed by atoms with E-state index in [1.807, 2.05) is 0 Å². The van der Waals surface area contributed by atoms with Gasteiger partial charge < -0.3 is 10.2 Å². The molecule has 17 heavy (non-hydrogen) atoms. The zero-order valence-electron chi connectivity index (χ0n) is 9.41. The molecule has 0 aliphatic heterocycles. The number of aromatic hydroxyl groups is 1. The van der Waals surface area contributed by atoms with Gasteiger partial charge in [-0.3, -0.25) is 4.79 Å². The number of benzene rings is 1. The Hall–Kier alpha value is -1.60. The highest BCUT2D eigenvalue weighted by Gasteiger charge is 2.22. The van der Waals surface area contributed by atoms with Crippen LogP contribution in [0.15, 0.2) is 23.1 Å². The van der Waals surface area contributed by atoms with Gasteiger partial charge in [0, 0.05) is 14.1 Å². The Morgan fingerprint density at radius 1 is 1.35 bits per heavy atom. The SMILES string of the molecule is CN(C)S(=O)(=O)c1cc(CC(=O)O)ccc1O. The standard InChI is InChI=1S/C10H13NO5S/c1-11(2)17(15,16)9-5-7(6-10(13)14)3-4-8(9)12/h3-5,12H,6H2,1-2H3,(H,13,14). The summed E-state index contributed by atoms with van der Waals surface area (Å²) in [5.41, 5.74) is 0.315. The molecule has 0 bridgehead atoms. The molecule has 0 heterocycles. The fraction of sp³-hybridized carbons (Fsp3) is 0.300. The molecule has 0 spiro atoms. The van der Waals surface area contributed by atoms with Crippen molar-refractivity contribution < 1.29 is 23.4 Å². The fourth-order valence-electron chi connectivity index (χ4n) is 1.25. The van der Waals surface area contributed by atoms with Gasteiger partial charge in [-0.25, -0.2) is 12.7 Å². The molecule has 0 saturated carbocycles. The van der Waals surface area contributed by atoms with Gasteiger partial charge in [0.15, 0.2) is 0 Å². The van der Waals surface area contributed by atoms with Crippen LogP contribution in [0.1, 0.15) is 5.56 Å². The number of aliphatic carboxylic acids is 1. The molecule has 2 N–H and O–H groups in total. The summed E-state index contributed by atoms with van der Waals surface area (Å²) in [7, 11) is -1.11. The van der Waals surface area contributed by atoms with E-state index in [9.17, 15) is 18.3 Å². The number of hydrogen-bond donors (Lipinski definition) is 2. The highest BCUT2D eigenvalue weighted by Crippen LogP contribution is 2.25. The summed E-state index contributed by atoms with van der Waals surface area (Å²) >= 11 is 0. The number of sulfonamides is 1. The van der Waals surface area contributed by atoms with E-state index in [1.54, 1.807) is 0 Å². The molecule has 1 aromatic carbocycles. The summed E-state index contributed by atoms with van der Waals surface area (Å²) in [5, 5.41) is 18.1. The second-order valence-electron chi connectivity index (χ2n) is 3.66. The van der Waals surface area contributed by atoms with Gasteiger partial charge in [0.1, 0.15) is 10.6 Å². The Morgan fingerprint density at radius 2 is 1.94 bits per heavy atom. The van der Waals surface area contributed by atoms with Crippen molar-refractivity contribution in [2.75, 3.05) is 14.1 Å². The molecule has 0 aliphatic rings. The number of carboxylic acids is 1. The molecular formula is C10H13NO5S. The van der Waals surface area contributed by atoms with Crippen LogP contribution in [-0.4, -0.2) is 43.0 Å². The minimum absolute atomic E-state index is 0.291. The maximum Gasteiger partial charge on any atom is 0.307 e. The average molecular weight is 259 g/mol. The Labute approximate surface area is 99.2 Å². The van der Waals surface area contributed by atoms with Gasteiger partial charge in [-0.2, -0.15) is 0 Å². The molecule has 1 rings (SSSR count). The largest absolute Gasteiger partial charge is 0.507 e. The van der Waals surface area contributed by atoms with Gasteiger partial charge in [0.25, 0.3) is 0 Å². The lowest BCUT2D eigenvalue weighted by atomic mass is 10.1. The van der Waals surface area contributed by atoms with E-state index in [1.165, 1.54) is 32.3 Å². The molecule has 7 heteroatoms. The maximum atomic E-state index is 11.8. The average Bonchev–Trinajstić information content (AvgIpc) is 2.19. The van der Waals surface area contributed by atoms with Crippen LogP contribution in [0.5, 0.6) is 5.75 Å². The van der Waals surface area contributed by atoms with Crippen LogP contribution >= 0.6 is 0 Å². The van der Waals surface area contributed by atoms with E-state index >= 15 is 0 Å². The molecule has 0 saturated heterocycles. The predicted molar refractivity (Wildman–Crippen MR) is 60.3 cm³/mol. The van der Waals surface area contributed by atoms with Crippen molar-refractivity contribution in [3.05, 3.63) is 23.8 Å². The lowest BCUT2D eigenvalue weighted by molar-refractivity contribution is -0.136. The zero-order valence-corrected chi connectivity index (χ0v) is 10.2. The molecule has 0 fully saturated rings. The molecule has 0 unspecified atom stereocenters. The highest BCUT2D eigenvalue weighted by atomic mass is 32.2. The minimum atomic E-state index is -3.78. The summed E-state index contributed by atoms with van der Waals surface area (Å²) in [6.45, 7) is 0. The first kappa shape index (κ1) is 13.5. The number of rotatable bonds is 4. The Balaban J connectivity index is 3.29. The smallest absolute Gasteiger partial charge is 0.307 e. The summed E-state index contributed by atoms with van der Waals surface area (Å²) in [4.78, 5) is 10.2. The highest BCUT2D eigenvalue weighted by molar-refractivity contribution is 7.89. The van der Waals surface area contributed by atoms with Crippen molar-refractivity contribution in [2.45, 2.75) is 11.3 Å². The van der Waals surface area contributed by atoms with E-state index < -0.39 is 21.7 Å². The molecule has 94 valence electrons. The molecular weight excluding hydrogens is 246 g/mol. The van der Waals surface area contributed by atoms with E-state index in [2.05, 4.69) is 0 Å². The molecule has 0 aliphatic carbocycles. The number of hydrogen-bond acceptors (Lipinski definition) is 4. The number of nitrogens with zero attached hydrogens (tertiary/aromatic N) is 1. The van der Waals surface area contributed by atoms with Crippen molar-refractivity contribution in [1.82, 2.24) is 4.31 Å². The van der Waals surface area contributed by atoms with Gasteiger partial charge in [-0.1, -0.05) is 6.07 Å². The lowest BCUT2D eigenvalue weighted by Crippen LogP contribution is -2.22. The normalized spacial score (nSPS) is 11.7. The first-order valence-corrected chi connectivity index (χ1v) is 6.15. The quantitative estimate of drug-likeness (QED) is 0.809. The minimum Gasteiger partial charge on any atom is -0.507 e. The Kier molecular flexibility index (Phi) is 3.74. The molecule has 0 aromatic heterocycles. The first-order valence-electron chi connectivity index (χ1n) is 4.71. The maximum absolute atomic E-state index is 11.8. The molecule has 6 nitrogen and oxygen atoms in total. The molecule has 0 atom stereocenters. The van der Waals surface area contributed by atoms with Crippen LogP contribution < -0.4 is 0 Å². The first-order chi connectivity index (χ1) is 7.75. The van der Waals surface area contributed by atoms with Crippen molar-refractivity contribution in [3.8, 4) is 5.75 Å². The van der Waals surface area contributed by atoms with Crippen LogP contribution in [0.4, 0.5) is 0 Å². The Morgan fingerprint density at radius 3 is 2.41 bits per heavy atom. The van der Waals surface area contributed by atoms with Gasteiger partial charge in [-0.05, 0) is 17.7 Å². The molecule has 0 amide bonds. The Bertz CT molecular complexity index is 536. The predicted octanol–water partition coefficient (Wildman–Crippen LogP) is 0.270. The van der Waals surface area contributed by atoms with Gasteiger partial charge in [-0.15, -0.1) is 0 Å². The summed E-state index contributed by atoms with van der Waals surface area (Å²) < 4.78 is 24.6. The fourth-order valence-corrected chi connectivity index (χ4v) is 2.27. The van der Waals surface area contributed by atoms with Crippen LogP contribution in [0.3, 0.4) is 0 Å². The van der Waals surface area contributed by atoms with E-state index in [0.717, 1.165) is 4.31 Å². The monoisotopic (exact) mass is 259 g/mol. The van der Waals surface area contributed by atoms with Crippen LogP contribution in [-0.2, 0) is 21.2 Å². The van der Waals surface area contributed by atoms with Crippen molar-refractivity contribution in [1.29, 1.82) is 0 Å². The van der Waals surface area contributed by atoms with Crippen LogP contribution in [0, 0.1) is 0 Å². The van der Waals surface area contributed by atoms with Crippen molar-refractivity contribution in [3.63, 3.8) is 0 Å². The van der Waals surface area contributed by atoms with E-state index in [0.29, 0.717) is 5.56 Å². The lowest BCUT2D eigenvalue weighted by Gasteiger charge is -2.13. The van der Waals surface area contributed by atoms with Crippen molar-refractivity contribution in [2.24, 2.45) is 0 Å². The zero-order chi connectivity index (χ0) is 13.2.